The van der Waals surface area contributed by atoms with Crippen LogP contribution in [0.15, 0.2) is 12.3 Å². The summed E-state index contributed by atoms with van der Waals surface area (Å²) in [5.41, 5.74) is 8.08. The number of carbonyl (C=O) groups is 1. The lowest BCUT2D eigenvalue weighted by Gasteiger charge is -2.06. The van der Waals surface area contributed by atoms with Gasteiger partial charge in [-0.3, -0.25) is 14.6 Å². The summed E-state index contributed by atoms with van der Waals surface area (Å²) in [6.45, 7) is 5.33. The molecule has 2 rings (SSSR count). The molecule has 0 bridgehead atoms. The van der Waals surface area contributed by atoms with Crippen LogP contribution in [0.2, 0.25) is 0 Å². The molecule has 0 saturated heterocycles. The Labute approximate surface area is 111 Å². The van der Waals surface area contributed by atoms with E-state index >= 15 is 0 Å². The van der Waals surface area contributed by atoms with Crippen molar-refractivity contribution in [1.82, 2.24) is 25.3 Å². The van der Waals surface area contributed by atoms with Crippen molar-refractivity contribution in [2.45, 2.75) is 26.8 Å². The number of nitrogens with one attached hydrogen (secondary N) is 2. The van der Waals surface area contributed by atoms with Crippen molar-refractivity contribution in [3.8, 4) is 0 Å². The van der Waals surface area contributed by atoms with Gasteiger partial charge in [-0.05, 0) is 26.3 Å². The fraction of sp³-hybridized carbons (Fsp3) is 0.417. The van der Waals surface area contributed by atoms with Gasteiger partial charge in [-0.1, -0.05) is 0 Å². The molecule has 0 unspecified atom stereocenters. The first-order valence-corrected chi connectivity index (χ1v) is 6.16. The summed E-state index contributed by atoms with van der Waals surface area (Å²) >= 11 is 0. The van der Waals surface area contributed by atoms with Crippen LogP contribution in [0.25, 0.3) is 0 Å². The number of nitrogens with zero attached hydrogens (tertiary/aromatic N) is 3. The summed E-state index contributed by atoms with van der Waals surface area (Å²) in [6.07, 6.45) is 2.23. The Morgan fingerprint density at radius 3 is 2.89 bits per heavy atom. The third kappa shape index (κ3) is 3.12. The van der Waals surface area contributed by atoms with Crippen molar-refractivity contribution < 1.29 is 4.79 Å². The van der Waals surface area contributed by atoms with E-state index in [-0.39, 0.29) is 11.7 Å². The topological polar surface area (TPSA) is 102 Å². The maximum atomic E-state index is 11.7. The number of H-pyrrole nitrogens is 1. The van der Waals surface area contributed by atoms with Crippen LogP contribution in [-0.2, 0) is 6.54 Å². The van der Waals surface area contributed by atoms with E-state index in [2.05, 4.69) is 20.6 Å². The lowest BCUT2D eigenvalue weighted by Crippen LogP contribution is -2.25. The Morgan fingerprint density at radius 2 is 2.32 bits per heavy atom. The van der Waals surface area contributed by atoms with Crippen molar-refractivity contribution in [3.63, 3.8) is 0 Å². The largest absolute Gasteiger partial charge is 0.383 e. The Hall–Kier alpha value is -2.31. The second-order valence-corrected chi connectivity index (χ2v) is 4.46. The molecule has 0 atom stereocenters. The molecule has 0 aliphatic carbocycles. The second kappa shape index (κ2) is 5.55. The standard InChI is InChI=1S/C12H18N6O/c1-8-6-9(2)18(17-8)5-3-4-14-12(19)10-7-15-16-11(10)13/h6-7H,3-5H2,1-2H3,(H,14,19)(H3,13,15,16). The predicted octanol–water partition coefficient (Wildman–Crippen LogP) is 0.625. The van der Waals surface area contributed by atoms with E-state index in [1.165, 1.54) is 6.20 Å². The summed E-state index contributed by atoms with van der Waals surface area (Å²) in [5.74, 6) is 0.0793. The number of rotatable bonds is 5. The van der Waals surface area contributed by atoms with Crippen LogP contribution in [-0.4, -0.2) is 32.4 Å². The number of anilines is 1. The van der Waals surface area contributed by atoms with Gasteiger partial charge in [0.2, 0.25) is 0 Å². The third-order valence-electron chi connectivity index (χ3n) is 2.85. The smallest absolute Gasteiger partial charge is 0.256 e. The molecule has 0 spiro atoms. The molecule has 1 amide bonds. The molecular weight excluding hydrogens is 244 g/mol. The van der Waals surface area contributed by atoms with Gasteiger partial charge in [0.25, 0.3) is 5.91 Å². The fourth-order valence-electron chi connectivity index (χ4n) is 1.90. The van der Waals surface area contributed by atoms with Crippen molar-refractivity contribution in [1.29, 1.82) is 0 Å². The zero-order valence-corrected chi connectivity index (χ0v) is 11.1. The number of amides is 1. The minimum absolute atomic E-state index is 0.209. The van der Waals surface area contributed by atoms with Gasteiger partial charge in [0, 0.05) is 18.8 Å². The number of nitrogens with two attached hydrogens (primary N) is 1. The van der Waals surface area contributed by atoms with Gasteiger partial charge in [0.1, 0.15) is 11.4 Å². The molecule has 102 valence electrons. The molecule has 0 aliphatic rings. The summed E-state index contributed by atoms with van der Waals surface area (Å²) in [5, 5.41) is 13.4. The molecule has 7 heteroatoms. The molecule has 0 aliphatic heterocycles. The van der Waals surface area contributed by atoms with E-state index in [1.54, 1.807) is 0 Å². The summed E-state index contributed by atoms with van der Waals surface area (Å²) in [6, 6.07) is 2.03. The Kier molecular flexibility index (Phi) is 3.84. The summed E-state index contributed by atoms with van der Waals surface area (Å²) in [7, 11) is 0. The van der Waals surface area contributed by atoms with E-state index in [1.807, 2.05) is 24.6 Å². The van der Waals surface area contributed by atoms with E-state index < -0.39 is 0 Å². The number of hydrogen-bond donors (Lipinski definition) is 3. The molecular formula is C12H18N6O. The van der Waals surface area contributed by atoms with Crippen molar-refractivity contribution >= 4 is 11.7 Å². The molecule has 0 aromatic carbocycles. The number of carbonyl (C=O) groups excluding carboxylic acids is 1. The first-order valence-electron chi connectivity index (χ1n) is 6.16. The monoisotopic (exact) mass is 262 g/mol. The fourth-order valence-corrected chi connectivity index (χ4v) is 1.90. The van der Waals surface area contributed by atoms with Crippen molar-refractivity contribution in [2.75, 3.05) is 12.3 Å². The van der Waals surface area contributed by atoms with Gasteiger partial charge < -0.3 is 11.1 Å². The molecule has 0 radical (unpaired) electrons. The van der Waals surface area contributed by atoms with E-state index in [9.17, 15) is 4.79 Å². The Bertz CT molecular complexity index is 571. The lowest BCUT2D eigenvalue weighted by molar-refractivity contribution is 0.0953. The maximum Gasteiger partial charge on any atom is 0.256 e. The maximum absolute atomic E-state index is 11.7. The van der Waals surface area contributed by atoms with Gasteiger partial charge in [0.15, 0.2) is 0 Å². The van der Waals surface area contributed by atoms with Crippen LogP contribution in [0.1, 0.15) is 28.2 Å². The molecule has 2 heterocycles. The SMILES string of the molecule is Cc1cc(C)n(CCCNC(=O)c2cn[nH]c2N)n1. The normalized spacial score (nSPS) is 10.6. The minimum atomic E-state index is -0.209. The number of aryl methyl sites for hydroxylation is 3. The Balaban J connectivity index is 1.77. The van der Waals surface area contributed by atoms with E-state index in [4.69, 9.17) is 5.73 Å². The highest BCUT2D eigenvalue weighted by Crippen LogP contribution is 2.05. The van der Waals surface area contributed by atoms with Crippen LogP contribution in [0.4, 0.5) is 5.82 Å². The zero-order chi connectivity index (χ0) is 13.8. The molecule has 7 nitrogen and oxygen atoms in total. The first kappa shape index (κ1) is 13.1. The average Bonchev–Trinajstić information content (AvgIpc) is 2.91. The molecule has 19 heavy (non-hydrogen) atoms. The molecule has 4 N–H and O–H groups in total. The number of aromatic amines is 1. The first-order chi connectivity index (χ1) is 9.08. The third-order valence-corrected chi connectivity index (χ3v) is 2.85. The second-order valence-electron chi connectivity index (χ2n) is 4.46. The van der Waals surface area contributed by atoms with Gasteiger partial charge in [-0.15, -0.1) is 0 Å². The highest BCUT2D eigenvalue weighted by atomic mass is 16.1. The predicted molar refractivity (Wildman–Crippen MR) is 71.7 cm³/mol. The number of nitrogen functional groups attached to an aromatic ring is 1. The molecule has 2 aromatic heterocycles. The summed E-state index contributed by atoms with van der Waals surface area (Å²) in [4.78, 5) is 11.7. The van der Waals surface area contributed by atoms with Gasteiger partial charge in [-0.25, -0.2) is 0 Å². The van der Waals surface area contributed by atoms with Crippen LogP contribution < -0.4 is 11.1 Å². The van der Waals surface area contributed by atoms with Crippen molar-refractivity contribution in [2.24, 2.45) is 0 Å². The van der Waals surface area contributed by atoms with Gasteiger partial charge in [0.05, 0.1) is 11.9 Å². The van der Waals surface area contributed by atoms with E-state index in [0.717, 1.165) is 24.4 Å². The van der Waals surface area contributed by atoms with Gasteiger partial charge in [-0.2, -0.15) is 10.2 Å². The molecule has 0 fully saturated rings. The van der Waals surface area contributed by atoms with Crippen LogP contribution in [0, 0.1) is 13.8 Å². The van der Waals surface area contributed by atoms with E-state index in [0.29, 0.717) is 12.1 Å². The molecule has 2 aromatic rings. The van der Waals surface area contributed by atoms with Crippen LogP contribution in [0.5, 0.6) is 0 Å². The average molecular weight is 262 g/mol. The zero-order valence-electron chi connectivity index (χ0n) is 11.1. The summed E-state index contributed by atoms with van der Waals surface area (Å²) < 4.78 is 1.94. The van der Waals surface area contributed by atoms with Crippen molar-refractivity contribution in [3.05, 3.63) is 29.2 Å². The van der Waals surface area contributed by atoms with Crippen LogP contribution in [0.3, 0.4) is 0 Å². The van der Waals surface area contributed by atoms with Crippen LogP contribution >= 0.6 is 0 Å². The number of hydrogen-bond acceptors (Lipinski definition) is 4. The van der Waals surface area contributed by atoms with Gasteiger partial charge >= 0.3 is 0 Å². The number of aromatic nitrogens is 4. The highest BCUT2D eigenvalue weighted by molar-refractivity contribution is 5.97. The lowest BCUT2D eigenvalue weighted by atomic mass is 10.3. The molecule has 0 saturated carbocycles. The quantitative estimate of drug-likeness (QED) is 0.687. The Morgan fingerprint density at radius 1 is 1.53 bits per heavy atom. The highest BCUT2D eigenvalue weighted by Gasteiger charge is 2.10. The minimum Gasteiger partial charge on any atom is -0.383 e.